The number of hydrogen-bond donors (Lipinski definition) is 0. The molecule has 1 unspecified atom stereocenters. The Kier molecular flexibility index (Phi) is 3.65. The van der Waals surface area contributed by atoms with Gasteiger partial charge in [0.15, 0.2) is 15.7 Å². The second kappa shape index (κ2) is 5.05. The predicted octanol–water partition coefficient (Wildman–Crippen LogP) is 0.0773. The molecule has 0 radical (unpaired) electrons. The Labute approximate surface area is 104 Å². The van der Waals surface area contributed by atoms with Crippen molar-refractivity contribution in [3.05, 3.63) is 11.7 Å². The average Bonchev–Trinajstić information content (AvgIpc) is 2.85. The monoisotopic (exact) mass is 274 g/mol. The second-order valence-electron chi connectivity index (χ2n) is 4.13. The minimum atomic E-state index is -2.98. The van der Waals surface area contributed by atoms with Crippen molar-refractivity contribution in [2.24, 2.45) is 0 Å². The molecule has 0 aromatic carbocycles. The van der Waals surface area contributed by atoms with Gasteiger partial charge in [-0.1, -0.05) is 5.16 Å². The molecular weight excluding hydrogens is 260 g/mol. The minimum absolute atomic E-state index is 0.0470. The number of ether oxygens (including phenoxy) is 1. The third-order valence-electron chi connectivity index (χ3n) is 2.68. The van der Waals surface area contributed by atoms with Crippen LogP contribution in [-0.2, 0) is 25.8 Å². The van der Waals surface area contributed by atoms with Crippen LogP contribution >= 0.6 is 0 Å². The number of rotatable bonds is 4. The lowest BCUT2D eigenvalue weighted by Crippen LogP contribution is -2.08. The van der Waals surface area contributed by atoms with Crippen molar-refractivity contribution in [2.45, 2.75) is 25.7 Å². The van der Waals surface area contributed by atoms with Crippen LogP contribution in [0.4, 0.5) is 0 Å². The van der Waals surface area contributed by atoms with E-state index in [1.807, 2.05) is 0 Å². The molecule has 0 saturated carbocycles. The SMILES string of the molecule is CCOC(=O)Cc1nc(C2CCS(=O)(=O)C2)no1. The summed E-state index contributed by atoms with van der Waals surface area (Å²) >= 11 is 0. The molecule has 1 aromatic rings. The van der Waals surface area contributed by atoms with Gasteiger partial charge < -0.3 is 9.26 Å². The second-order valence-corrected chi connectivity index (χ2v) is 6.36. The summed E-state index contributed by atoms with van der Waals surface area (Å²) in [5, 5.41) is 3.72. The predicted molar refractivity (Wildman–Crippen MR) is 60.6 cm³/mol. The average molecular weight is 274 g/mol. The van der Waals surface area contributed by atoms with Gasteiger partial charge in [-0.05, 0) is 13.3 Å². The van der Waals surface area contributed by atoms with Crippen LogP contribution in [0.2, 0.25) is 0 Å². The first-order chi connectivity index (χ1) is 8.50. The first-order valence-corrected chi connectivity index (χ1v) is 7.51. The van der Waals surface area contributed by atoms with Gasteiger partial charge >= 0.3 is 5.97 Å². The summed E-state index contributed by atoms with van der Waals surface area (Å²) in [5.74, 6) is 0.0506. The molecule has 1 aromatic heterocycles. The summed E-state index contributed by atoms with van der Waals surface area (Å²) in [5.41, 5.74) is 0. The molecule has 1 fully saturated rings. The van der Waals surface area contributed by atoms with E-state index in [2.05, 4.69) is 10.1 Å². The lowest BCUT2D eigenvalue weighted by atomic mass is 10.1. The van der Waals surface area contributed by atoms with E-state index in [0.29, 0.717) is 18.9 Å². The molecule has 7 nitrogen and oxygen atoms in total. The van der Waals surface area contributed by atoms with Crippen molar-refractivity contribution in [3.8, 4) is 0 Å². The first kappa shape index (κ1) is 13.0. The molecule has 2 rings (SSSR count). The fraction of sp³-hybridized carbons (Fsp3) is 0.700. The highest BCUT2D eigenvalue weighted by Crippen LogP contribution is 2.26. The van der Waals surface area contributed by atoms with Gasteiger partial charge in [0, 0.05) is 5.92 Å². The summed E-state index contributed by atoms with van der Waals surface area (Å²) in [6.07, 6.45) is 0.418. The van der Waals surface area contributed by atoms with Crippen LogP contribution in [0.25, 0.3) is 0 Å². The molecule has 100 valence electrons. The van der Waals surface area contributed by atoms with E-state index < -0.39 is 15.8 Å². The van der Waals surface area contributed by atoms with Crippen LogP contribution in [0.3, 0.4) is 0 Å². The van der Waals surface area contributed by atoms with Crippen molar-refractivity contribution in [1.29, 1.82) is 0 Å². The van der Waals surface area contributed by atoms with Crippen molar-refractivity contribution in [2.75, 3.05) is 18.1 Å². The van der Waals surface area contributed by atoms with Gasteiger partial charge in [-0.3, -0.25) is 4.79 Å². The van der Waals surface area contributed by atoms with Crippen LogP contribution in [0.15, 0.2) is 4.52 Å². The van der Waals surface area contributed by atoms with Gasteiger partial charge in [0.1, 0.15) is 6.42 Å². The van der Waals surface area contributed by atoms with Gasteiger partial charge in [-0.2, -0.15) is 4.98 Å². The molecule has 0 spiro atoms. The molecule has 0 N–H and O–H groups in total. The Morgan fingerprint density at radius 3 is 2.94 bits per heavy atom. The van der Waals surface area contributed by atoms with Crippen LogP contribution in [0.1, 0.15) is 31.0 Å². The number of hydrogen-bond acceptors (Lipinski definition) is 7. The third-order valence-corrected chi connectivity index (χ3v) is 4.45. The quantitative estimate of drug-likeness (QED) is 0.716. The summed E-state index contributed by atoms with van der Waals surface area (Å²) in [6.45, 7) is 2.00. The van der Waals surface area contributed by atoms with E-state index in [-0.39, 0.29) is 29.7 Å². The van der Waals surface area contributed by atoms with E-state index in [4.69, 9.17) is 9.26 Å². The third kappa shape index (κ3) is 3.06. The summed E-state index contributed by atoms with van der Waals surface area (Å²) in [7, 11) is -2.98. The maximum atomic E-state index is 11.3. The van der Waals surface area contributed by atoms with Gasteiger partial charge in [0.2, 0.25) is 5.89 Å². The Hall–Kier alpha value is -1.44. The lowest BCUT2D eigenvalue weighted by molar-refractivity contribution is -0.142. The number of carbonyl (C=O) groups excluding carboxylic acids is 1. The molecule has 0 aliphatic carbocycles. The topological polar surface area (TPSA) is 99.4 Å². The van der Waals surface area contributed by atoms with Crippen molar-refractivity contribution in [1.82, 2.24) is 10.1 Å². The van der Waals surface area contributed by atoms with Crippen molar-refractivity contribution >= 4 is 15.8 Å². The number of nitrogens with zero attached hydrogens (tertiary/aromatic N) is 2. The normalized spacial score (nSPS) is 21.9. The molecule has 1 saturated heterocycles. The highest BCUT2D eigenvalue weighted by atomic mass is 32.2. The van der Waals surface area contributed by atoms with Gasteiger partial charge in [0.25, 0.3) is 0 Å². The smallest absolute Gasteiger partial charge is 0.315 e. The Morgan fingerprint density at radius 1 is 1.56 bits per heavy atom. The largest absolute Gasteiger partial charge is 0.466 e. The number of esters is 1. The van der Waals surface area contributed by atoms with E-state index in [1.54, 1.807) is 6.92 Å². The minimum Gasteiger partial charge on any atom is -0.466 e. The molecule has 1 atom stereocenters. The van der Waals surface area contributed by atoms with E-state index in [9.17, 15) is 13.2 Å². The molecule has 1 aliphatic rings. The molecule has 1 aliphatic heterocycles. The number of carbonyl (C=O) groups is 1. The molecule has 0 amide bonds. The molecule has 2 heterocycles. The zero-order valence-corrected chi connectivity index (χ0v) is 10.8. The fourth-order valence-electron chi connectivity index (χ4n) is 1.84. The van der Waals surface area contributed by atoms with Gasteiger partial charge in [0.05, 0.1) is 18.1 Å². The standard InChI is InChI=1S/C10H14N2O5S/c1-2-16-9(13)5-8-11-10(12-17-8)7-3-4-18(14,15)6-7/h7H,2-6H2,1H3. The Morgan fingerprint density at radius 2 is 2.33 bits per heavy atom. The number of sulfone groups is 1. The van der Waals surface area contributed by atoms with E-state index in [0.717, 1.165) is 0 Å². The van der Waals surface area contributed by atoms with Crippen molar-refractivity contribution < 1.29 is 22.5 Å². The fourth-order valence-corrected chi connectivity index (χ4v) is 3.58. The zero-order chi connectivity index (χ0) is 13.2. The Balaban J connectivity index is 2.00. The molecule has 8 heteroatoms. The molecule has 0 bridgehead atoms. The Bertz CT molecular complexity index is 536. The maximum Gasteiger partial charge on any atom is 0.315 e. The van der Waals surface area contributed by atoms with Gasteiger partial charge in [-0.15, -0.1) is 0 Å². The van der Waals surface area contributed by atoms with Crippen LogP contribution in [-0.4, -0.2) is 42.6 Å². The number of aromatic nitrogens is 2. The van der Waals surface area contributed by atoms with E-state index >= 15 is 0 Å². The first-order valence-electron chi connectivity index (χ1n) is 5.68. The van der Waals surface area contributed by atoms with Crippen LogP contribution < -0.4 is 0 Å². The molecule has 18 heavy (non-hydrogen) atoms. The molecular formula is C10H14N2O5S. The van der Waals surface area contributed by atoms with E-state index in [1.165, 1.54) is 0 Å². The maximum absolute atomic E-state index is 11.3. The van der Waals surface area contributed by atoms with Crippen LogP contribution in [0.5, 0.6) is 0 Å². The highest BCUT2D eigenvalue weighted by molar-refractivity contribution is 7.91. The van der Waals surface area contributed by atoms with Crippen molar-refractivity contribution in [3.63, 3.8) is 0 Å². The highest BCUT2D eigenvalue weighted by Gasteiger charge is 2.32. The summed E-state index contributed by atoms with van der Waals surface area (Å²) < 4.78 is 32.3. The van der Waals surface area contributed by atoms with Gasteiger partial charge in [-0.25, -0.2) is 8.42 Å². The lowest BCUT2D eigenvalue weighted by Gasteiger charge is -1.98. The summed E-state index contributed by atoms with van der Waals surface area (Å²) in [4.78, 5) is 15.2. The van der Waals surface area contributed by atoms with Crippen LogP contribution in [0, 0.1) is 0 Å². The summed E-state index contributed by atoms with van der Waals surface area (Å²) in [6, 6.07) is 0. The zero-order valence-electron chi connectivity index (χ0n) is 9.96.